The summed E-state index contributed by atoms with van der Waals surface area (Å²) in [6, 6.07) is 1.00. The molecular weight excluding hydrogens is 188 g/mol. The van der Waals surface area contributed by atoms with Gasteiger partial charge in [-0.05, 0) is 18.4 Å². The number of hydrogen-bond acceptors (Lipinski definition) is 3. The van der Waals surface area contributed by atoms with Crippen molar-refractivity contribution >= 4 is 29.0 Å². The van der Waals surface area contributed by atoms with E-state index in [2.05, 4.69) is 5.32 Å². The molecule has 2 rings (SSSR count). The van der Waals surface area contributed by atoms with Crippen LogP contribution in [0, 0.1) is 0 Å². The maximum atomic E-state index is 11.5. The second kappa shape index (κ2) is 2.85. The number of imide groups is 1. The Labute approximate surface area is 79.2 Å². The summed E-state index contributed by atoms with van der Waals surface area (Å²) in [7, 11) is 0. The first kappa shape index (κ1) is 8.25. The Morgan fingerprint density at radius 2 is 2.31 bits per heavy atom. The summed E-state index contributed by atoms with van der Waals surface area (Å²) < 4.78 is 0. The van der Waals surface area contributed by atoms with Crippen LogP contribution in [0.25, 0.3) is 0 Å². The summed E-state index contributed by atoms with van der Waals surface area (Å²) in [6.45, 7) is 1.67. The zero-order valence-electron chi connectivity index (χ0n) is 6.98. The zero-order chi connectivity index (χ0) is 9.42. The molecule has 3 amide bonds. The van der Waals surface area contributed by atoms with Crippen LogP contribution >= 0.6 is 11.3 Å². The van der Waals surface area contributed by atoms with Gasteiger partial charge in [0.25, 0.3) is 5.91 Å². The van der Waals surface area contributed by atoms with E-state index in [0.29, 0.717) is 5.69 Å². The number of nitrogens with one attached hydrogen (secondary N) is 1. The molecule has 2 heterocycles. The van der Waals surface area contributed by atoms with E-state index in [1.807, 2.05) is 5.38 Å². The van der Waals surface area contributed by atoms with Crippen LogP contribution in [-0.2, 0) is 4.79 Å². The highest BCUT2D eigenvalue weighted by Crippen LogP contribution is 2.21. The van der Waals surface area contributed by atoms with Gasteiger partial charge in [-0.15, -0.1) is 0 Å². The molecule has 1 saturated heterocycles. The molecule has 1 aliphatic rings. The summed E-state index contributed by atoms with van der Waals surface area (Å²) in [5.41, 5.74) is 0.650. The third-order valence-electron chi connectivity index (χ3n) is 1.90. The number of carbonyl (C=O) groups excluding carboxylic acids is 2. The number of hydrogen-bond donors (Lipinski definition) is 1. The maximum absolute atomic E-state index is 11.5. The lowest BCUT2D eigenvalue weighted by Gasteiger charge is -2.08. The summed E-state index contributed by atoms with van der Waals surface area (Å²) in [4.78, 5) is 23.9. The van der Waals surface area contributed by atoms with Crippen molar-refractivity contribution in [3.63, 3.8) is 0 Å². The second-order valence-corrected chi connectivity index (χ2v) is 3.61. The maximum Gasteiger partial charge on any atom is 0.329 e. The van der Waals surface area contributed by atoms with Gasteiger partial charge in [-0.1, -0.05) is 0 Å². The zero-order valence-corrected chi connectivity index (χ0v) is 7.80. The standard InChI is InChI=1S/C8H8N2O2S/c1-5-7(11)10(8(12)9-5)6-2-3-13-4-6/h2-5H,1H3,(H,9,12)/t5-/m0/s1. The van der Waals surface area contributed by atoms with E-state index in [0.717, 1.165) is 0 Å². The Bertz CT molecular complexity index is 347. The van der Waals surface area contributed by atoms with Crippen molar-refractivity contribution in [2.45, 2.75) is 13.0 Å². The van der Waals surface area contributed by atoms with E-state index in [4.69, 9.17) is 0 Å². The van der Waals surface area contributed by atoms with E-state index in [-0.39, 0.29) is 11.9 Å². The predicted molar refractivity (Wildman–Crippen MR) is 49.8 cm³/mol. The van der Waals surface area contributed by atoms with Gasteiger partial charge < -0.3 is 5.32 Å². The Kier molecular flexibility index (Phi) is 1.81. The SMILES string of the molecule is C[C@@H]1NC(=O)N(c2ccsc2)C1=O. The number of anilines is 1. The van der Waals surface area contributed by atoms with Gasteiger partial charge in [-0.2, -0.15) is 11.3 Å². The molecule has 4 nitrogen and oxygen atoms in total. The minimum Gasteiger partial charge on any atom is -0.326 e. The molecule has 0 bridgehead atoms. The first-order valence-corrected chi connectivity index (χ1v) is 4.81. The van der Waals surface area contributed by atoms with Crippen molar-refractivity contribution in [3.8, 4) is 0 Å². The predicted octanol–water partition coefficient (Wildman–Crippen LogP) is 1.19. The van der Waals surface area contributed by atoms with Gasteiger partial charge in [-0.25, -0.2) is 9.69 Å². The van der Waals surface area contributed by atoms with E-state index >= 15 is 0 Å². The molecule has 0 unspecified atom stereocenters. The molecule has 1 atom stereocenters. The lowest BCUT2D eigenvalue weighted by atomic mass is 10.3. The van der Waals surface area contributed by atoms with Gasteiger partial charge in [0, 0.05) is 5.38 Å². The summed E-state index contributed by atoms with van der Waals surface area (Å²) in [5.74, 6) is -0.191. The van der Waals surface area contributed by atoms with Crippen LogP contribution in [0.1, 0.15) is 6.92 Å². The highest BCUT2D eigenvalue weighted by atomic mass is 32.1. The number of urea groups is 1. The van der Waals surface area contributed by atoms with E-state index in [1.165, 1.54) is 16.2 Å². The number of rotatable bonds is 1. The Hall–Kier alpha value is -1.36. The average molecular weight is 196 g/mol. The third-order valence-corrected chi connectivity index (χ3v) is 2.57. The molecular formula is C8H8N2O2S. The molecule has 1 N–H and O–H groups in total. The van der Waals surface area contributed by atoms with Gasteiger partial charge >= 0.3 is 6.03 Å². The fourth-order valence-corrected chi connectivity index (χ4v) is 1.85. The average Bonchev–Trinajstić information content (AvgIpc) is 2.63. The van der Waals surface area contributed by atoms with Crippen LogP contribution in [0.3, 0.4) is 0 Å². The fraction of sp³-hybridized carbons (Fsp3) is 0.250. The van der Waals surface area contributed by atoms with Crippen LogP contribution < -0.4 is 10.2 Å². The Morgan fingerprint density at radius 1 is 1.54 bits per heavy atom. The molecule has 0 aromatic carbocycles. The summed E-state index contributed by atoms with van der Waals surface area (Å²) in [6.07, 6.45) is 0. The fourth-order valence-electron chi connectivity index (χ4n) is 1.23. The normalized spacial score (nSPS) is 22.2. The van der Waals surface area contributed by atoms with Crippen molar-refractivity contribution in [2.75, 3.05) is 4.90 Å². The lowest BCUT2D eigenvalue weighted by Crippen LogP contribution is -2.30. The van der Waals surface area contributed by atoms with Crippen LogP contribution in [0.2, 0.25) is 0 Å². The van der Waals surface area contributed by atoms with Gasteiger partial charge in [0.05, 0.1) is 5.69 Å². The summed E-state index contributed by atoms with van der Waals surface area (Å²) >= 11 is 1.46. The number of carbonyl (C=O) groups is 2. The minimum absolute atomic E-state index is 0.191. The monoisotopic (exact) mass is 196 g/mol. The number of thiophene rings is 1. The van der Waals surface area contributed by atoms with E-state index in [9.17, 15) is 9.59 Å². The van der Waals surface area contributed by atoms with Gasteiger partial charge in [0.15, 0.2) is 0 Å². The molecule has 1 aliphatic heterocycles. The first-order chi connectivity index (χ1) is 6.20. The molecule has 5 heteroatoms. The van der Waals surface area contributed by atoms with Crippen molar-refractivity contribution in [3.05, 3.63) is 16.8 Å². The van der Waals surface area contributed by atoms with Crippen molar-refractivity contribution in [1.82, 2.24) is 5.32 Å². The van der Waals surface area contributed by atoms with Crippen LogP contribution in [0.15, 0.2) is 16.8 Å². The highest BCUT2D eigenvalue weighted by Gasteiger charge is 2.36. The molecule has 13 heavy (non-hydrogen) atoms. The minimum atomic E-state index is -0.410. The number of amides is 3. The number of nitrogens with zero attached hydrogens (tertiary/aromatic N) is 1. The second-order valence-electron chi connectivity index (χ2n) is 2.83. The molecule has 0 spiro atoms. The largest absolute Gasteiger partial charge is 0.329 e. The Balaban J connectivity index is 2.34. The molecule has 1 aromatic rings. The van der Waals surface area contributed by atoms with Crippen molar-refractivity contribution < 1.29 is 9.59 Å². The van der Waals surface area contributed by atoms with E-state index < -0.39 is 6.04 Å². The molecule has 68 valence electrons. The van der Waals surface area contributed by atoms with Crippen molar-refractivity contribution in [1.29, 1.82) is 0 Å². The first-order valence-electron chi connectivity index (χ1n) is 3.87. The van der Waals surface area contributed by atoms with Crippen LogP contribution in [0.5, 0.6) is 0 Å². The van der Waals surface area contributed by atoms with Crippen LogP contribution in [0.4, 0.5) is 10.5 Å². The third kappa shape index (κ3) is 1.21. The Morgan fingerprint density at radius 3 is 2.77 bits per heavy atom. The molecule has 0 aliphatic carbocycles. The smallest absolute Gasteiger partial charge is 0.326 e. The van der Waals surface area contributed by atoms with Crippen molar-refractivity contribution in [2.24, 2.45) is 0 Å². The molecule has 1 aromatic heterocycles. The van der Waals surface area contributed by atoms with E-state index in [1.54, 1.807) is 18.4 Å². The molecule has 0 saturated carbocycles. The summed E-state index contributed by atoms with van der Waals surface area (Å²) in [5, 5.41) is 6.15. The van der Waals surface area contributed by atoms with Crippen LogP contribution in [-0.4, -0.2) is 18.0 Å². The topological polar surface area (TPSA) is 49.4 Å². The van der Waals surface area contributed by atoms with Gasteiger partial charge in [-0.3, -0.25) is 4.79 Å². The molecule has 1 fully saturated rings. The van der Waals surface area contributed by atoms with Gasteiger partial charge in [0.1, 0.15) is 6.04 Å². The molecule has 0 radical (unpaired) electrons. The quantitative estimate of drug-likeness (QED) is 0.686. The highest BCUT2D eigenvalue weighted by molar-refractivity contribution is 7.08. The van der Waals surface area contributed by atoms with Gasteiger partial charge in [0.2, 0.25) is 0 Å². The lowest BCUT2D eigenvalue weighted by molar-refractivity contribution is -0.117.